The van der Waals surface area contributed by atoms with Gasteiger partial charge in [-0.3, -0.25) is 0 Å². The quantitative estimate of drug-likeness (QED) is 0.0321. The topological polar surface area (TPSA) is 179 Å². The molecule has 6 N–H and O–H groups in total. The van der Waals surface area contributed by atoms with Gasteiger partial charge in [0.2, 0.25) is 0 Å². The van der Waals surface area contributed by atoms with E-state index in [1.807, 2.05) is 112 Å². The Balaban J connectivity index is 1.20. The molecule has 9 aromatic rings. The Morgan fingerprint density at radius 2 is 0.427 bits per heavy atom. The lowest BCUT2D eigenvalue weighted by Crippen LogP contribution is -2.29. The summed E-state index contributed by atoms with van der Waals surface area (Å²) >= 11 is 0. The second-order valence-electron chi connectivity index (χ2n) is 37.8. The van der Waals surface area contributed by atoms with E-state index < -0.39 is 0 Å². The number of amides is 6. The van der Waals surface area contributed by atoms with Crippen molar-refractivity contribution in [2.24, 2.45) is 0 Å². The van der Waals surface area contributed by atoms with Crippen molar-refractivity contribution in [1.82, 2.24) is 16.0 Å². The molecule has 0 heterocycles. The summed E-state index contributed by atoms with van der Waals surface area (Å²) in [6, 6.07) is 56.0. The van der Waals surface area contributed by atoms with E-state index in [4.69, 9.17) is 28.4 Å². The maximum atomic E-state index is 13.2. The summed E-state index contributed by atoms with van der Waals surface area (Å²) in [4.78, 5) is 39.6. The van der Waals surface area contributed by atoms with Crippen LogP contribution in [0.1, 0.15) is 263 Å². The maximum Gasteiger partial charge on any atom is 0.319 e. The van der Waals surface area contributed by atoms with Crippen molar-refractivity contribution in [2.45, 2.75) is 234 Å². The molecule has 10 rings (SSSR count). The van der Waals surface area contributed by atoms with Crippen LogP contribution in [0.3, 0.4) is 0 Å². The molecule has 15 nitrogen and oxygen atoms in total. The Hall–Kier alpha value is -10.4. The molecule has 1 aliphatic rings. The molecule has 1 aliphatic carbocycles. The molecule has 15 heteroatoms. The van der Waals surface area contributed by atoms with Crippen LogP contribution in [0, 0.1) is 0 Å². The summed E-state index contributed by atoms with van der Waals surface area (Å²) in [5, 5.41) is 18.1. The number of methoxy groups -OCH3 is 3. The van der Waals surface area contributed by atoms with Crippen molar-refractivity contribution < 1.29 is 42.8 Å². The Morgan fingerprint density at radius 3 is 0.590 bits per heavy atom. The Kier molecular flexibility index (Phi) is 29.5. The average molecular weight is 1590 g/mol. The van der Waals surface area contributed by atoms with Crippen LogP contribution in [0.5, 0.6) is 34.5 Å². The average Bonchev–Trinajstić information content (AvgIpc) is 0.769. The van der Waals surface area contributed by atoms with Gasteiger partial charge < -0.3 is 60.3 Å². The van der Waals surface area contributed by atoms with Crippen molar-refractivity contribution in [1.29, 1.82) is 0 Å². The summed E-state index contributed by atoms with van der Waals surface area (Å²) in [6.45, 7) is 43.7. The van der Waals surface area contributed by atoms with Gasteiger partial charge in [-0.2, -0.15) is 0 Å². The number of para-hydroxylation sites is 3. The number of rotatable bonds is 24. The number of carbonyl (C=O) groups is 3. The summed E-state index contributed by atoms with van der Waals surface area (Å²) in [5.41, 5.74) is 19.9. The molecule has 0 saturated heterocycles. The molecular formula is C102H132N6O9. The van der Waals surface area contributed by atoms with Crippen molar-refractivity contribution in [3.63, 3.8) is 0 Å². The highest BCUT2D eigenvalue weighted by Crippen LogP contribution is 2.47. The summed E-state index contributed by atoms with van der Waals surface area (Å²) in [5.74, 6) is 4.83. The number of fused-ring (bicyclic) bond motifs is 12. The fraction of sp³-hybridized carbons (Fsp3) is 0.441. The van der Waals surface area contributed by atoms with Crippen LogP contribution in [0.2, 0.25) is 0 Å². The number of urea groups is 3. The zero-order valence-corrected chi connectivity index (χ0v) is 74.0. The molecule has 12 bridgehead atoms. The van der Waals surface area contributed by atoms with E-state index in [2.05, 4.69) is 229 Å². The summed E-state index contributed by atoms with van der Waals surface area (Å²) in [6.07, 6.45) is 6.95. The van der Waals surface area contributed by atoms with E-state index in [-0.39, 0.29) is 50.6 Å². The van der Waals surface area contributed by atoms with Gasteiger partial charge in [-0.25, -0.2) is 14.4 Å². The monoisotopic (exact) mass is 1590 g/mol. The van der Waals surface area contributed by atoms with E-state index >= 15 is 0 Å². The number of hydrogen-bond donors (Lipinski definition) is 6. The van der Waals surface area contributed by atoms with Crippen LogP contribution in [0.15, 0.2) is 164 Å². The minimum atomic E-state index is -0.292. The normalized spacial score (nSPS) is 12.8. The van der Waals surface area contributed by atoms with Crippen LogP contribution in [0.25, 0.3) is 0 Å². The predicted molar refractivity (Wildman–Crippen MR) is 482 cm³/mol. The smallest absolute Gasteiger partial charge is 0.319 e. The second kappa shape index (κ2) is 38.8. The zero-order chi connectivity index (χ0) is 84.6. The van der Waals surface area contributed by atoms with E-state index in [1.165, 1.54) is 33.4 Å². The first-order chi connectivity index (χ1) is 55.4. The molecule has 0 unspecified atom stereocenters. The first-order valence-electron chi connectivity index (χ1n) is 42.1. The molecule has 0 radical (unpaired) electrons. The second-order valence-corrected chi connectivity index (χ2v) is 37.8. The third-order valence-electron chi connectivity index (χ3n) is 22.0. The molecule has 6 amide bonds. The number of anilines is 3. The van der Waals surface area contributed by atoms with Gasteiger partial charge >= 0.3 is 18.1 Å². The first-order valence-corrected chi connectivity index (χ1v) is 42.1. The minimum Gasteiger partial charge on any atom is -0.496 e. The molecule has 117 heavy (non-hydrogen) atoms. The lowest BCUT2D eigenvalue weighted by molar-refractivity contribution is 0.250. The van der Waals surface area contributed by atoms with Gasteiger partial charge in [-0.15, -0.1) is 0 Å². The Bertz CT molecular complexity index is 4240. The Labute approximate surface area is 699 Å². The van der Waals surface area contributed by atoms with E-state index in [0.717, 1.165) is 118 Å². The molecule has 0 fully saturated rings. The van der Waals surface area contributed by atoms with Gasteiger partial charge in [-0.05, 0) is 208 Å². The third-order valence-corrected chi connectivity index (χ3v) is 22.0. The standard InChI is InChI=1S/C102H132N6O9/c1-97(2,3)79-55-67-49-73-61-82(100(10,11)12)63-75(91(73)115-46-34-31-43-103-94(109)106-85-37-25-22-26-38-85)51-69-57-80(98(4,5)6)59-71(89(69)113-20)53-77-65-84(102(16,17)18)66-78(93(77)117-48-36-33-45-105-96(111)108-87-41-29-24-30-42-87)54-72-60-81(99(7,8)9)58-70(90(72)114-21)52-76-64-83(101(13,14)15)62-74(50-68(56-79)88(67)112-19)92(76)116-47-35-32-44-104-95(110)107-86-39-27-23-28-40-86/h22-30,37-42,55-66H,31-36,43-54H2,1-21H3,(H2,103,106,109)(H2,104,107,110)(H2,105,108,111). The van der Waals surface area contributed by atoms with Crippen LogP contribution in [-0.2, 0) is 71.0 Å². The van der Waals surface area contributed by atoms with Crippen molar-refractivity contribution in [3.05, 3.63) is 264 Å². The maximum absolute atomic E-state index is 13.2. The predicted octanol–water partition coefficient (Wildman–Crippen LogP) is 23.3. The molecule has 0 atom stereocenters. The number of nitrogens with one attached hydrogen (secondary N) is 6. The molecular weight excluding hydrogens is 1450 g/mol. The van der Waals surface area contributed by atoms with Crippen LogP contribution >= 0.6 is 0 Å². The van der Waals surface area contributed by atoms with Gasteiger partial charge in [0.15, 0.2) is 0 Å². The van der Waals surface area contributed by atoms with Crippen molar-refractivity contribution >= 4 is 35.2 Å². The number of hydrogen-bond acceptors (Lipinski definition) is 9. The van der Waals surface area contributed by atoms with Crippen LogP contribution in [-0.4, -0.2) is 78.9 Å². The highest BCUT2D eigenvalue weighted by atomic mass is 16.5. The molecule has 0 aliphatic heterocycles. The molecule has 9 aromatic carbocycles. The summed E-state index contributed by atoms with van der Waals surface area (Å²) in [7, 11) is 5.42. The number of ether oxygens (including phenoxy) is 6. The van der Waals surface area contributed by atoms with Gasteiger partial charge in [-0.1, -0.05) is 252 Å². The lowest BCUT2D eigenvalue weighted by Gasteiger charge is -2.29. The fourth-order valence-corrected chi connectivity index (χ4v) is 15.2. The molecule has 624 valence electrons. The zero-order valence-electron chi connectivity index (χ0n) is 74.0. The van der Waals surface area contributed by atoms with Gasteiger partial charge in [0.1, 0.15) is 34.5 Å². The van der Waals surface area contributed by atoms with E-state index in [9.17, 15) is 14.4 Å². The number of benzene rings is 9. The van der Waals surface area contributed by atoms with Gasteiger partial charge in [0.05, 0.1) is 41.2 Å². The van der Waals surface area contributed by atoms with Crippen LogP contribution in [0.4, 0.5) is 31.4 Å². The third kappa shape index (κ3) is 24.6. The minimum absolute atomic E-state index is 0.253. The Morgan fingerprint density at radius 1 is 0.256 bits per heavy atom. The fourth-order valence-electron chi connectivity index (χ4n) is 15.2. The summed E-state index contributed by atoms with van der Waals surface area (Å²) < 4.78 is 42.9. The van der Waals surface area contributed by atoms with E-state index in [1.54, 1.807) is 0 Å². The highest BCUT2D eigenvalue weighted by molar-refractivity contribution is 5.90. The molecule has 0 saturated carbocycles. The van der Waals surface area contributed by atoms with Gasteiger partial charge in [0, 0.05) is 75.2 Å². The van der Waals surface area contributed by atoms with Gasteiger partial charge in [0.25, 0.3) is 0 Å². The lowest BCUT2D eigenvalue weighted by atomic mass is 9.79. The highest BCUT2D eigenvalue weighted by Gasteiger charge is 2.32. The number of unbranched alkanes of at least 4 members (excludes halogenated alkanes) is 3. The number of carbonyl (C=O) groups excluding carboxylic acids is 3. The first kappa shape index (κ1) is 88.9. The van der Waals surface area contributed by atoms with Crippen LogP contribution < -0.4 is 60.3 Å². The molecule has 0 aromatic heterocycles. The van der Waals surface area contributed by atoms with E-state index in [0.29, 0.717) is 117 Å². The largest absolute Gasteiger partial charge is 0.496 e. The molecule has 0 spiro atoms. The van der Waals surface area contributed by atoms with Crippen molar-refractivity contribution in [3.8, 4) is 34.5 Å². The SMILES string of the molecule is COc1c2cc(C(C)(C)C)cc1Cc1cc(C(C)(C)C)cc(c1OCCCCNC(=O)Nc1ccccc1)Cc1cc(C(C)(C)C)cc(c1OC)Cc1cc(C(C)(C)C)cc(c1OCCCCNC(=O)Nc1ccccc1)Cc1cc(C(C)(C)C)cc(c1OC)Cc1cc(C(C)(C)C)cc(c1OCCCCNC(=O)Nc1ccccc1)C2. The van der Waals surface area contributed by atoms with Crippen molar-refractivity contribution in [2.75, 3.05) is 76.7 Å².